The Bertz CT molecular complexity index is 1030. The van der Waals surface area contributed by atoms with Gasteiger partial charge in [-0.3, -0.25) is 14.6 Å². The SMILES string of the molecule is O=C(c1ccc2c3c(cccc13)CC2)C1CCCN(C(=O)c2cncs2)C1. The quantitative estimate of drug-likeness (QED) is 0.646. The van der Waals surface area contributed by atoms with Gasteiger partial charge in [0.05, 0.1) is 11.7 Å². The molecule has 1 saturated heterocycles. The topological polar surface area (TPSA) is 50.3 Å². The average molecular weight is 376 g/mol. The van der Waals surface area contributed by atoms with Crippen LogP contribution < -0.4 is 0 Å². The van der Waals surface area contributed by atoms with Crippen molar-refractivity contribution in [2.24, 2.45) is 5.92 Å². The highest BCUT2D eigenvalue weighted by atomic mass is 32.1. The number of carbonyl (C=O) groups is 2. The van der Waals surface area contributed by atoms with Crippen molar-refractivity contribution in [3.8, 4) is 0 Å². The summed E-state index contributed by atoms with van der Waals surface area (Å²) >= 11 is 1.36. The summed E-state index contributed by atoms with van der Waals surface area (Å²) in [5.41, 5.74) is 5.19. The number of aromatic nitrogens is 1. The van der Waals surface area contributed by atoms with Crippen LogP contribution >= 0.6 is 11.3 Å². The fourth-order valence-corrected chi connectivity index (χ4v) is 5.12. The van der Waals surface area contributed by atoms with Crippen molar-refractivity contribution in [3.05, 3.63) is 63.6 Å². The molecule has 2 aromatic carbocycles. The molecular formula is C22H20N2O2S. The maximum atomic E-state index is 13.4. The van der Waals surface area contributed by atoms with E-state index < -0.39 is 0 Å². The normalized spacial score (nSPS) is 18.8. The number of benzene rings is 2. The number of likely N-dealkylation sites (tertiary alicyclic amines) is 1. The molecule has 4 nitrogen and oxygen atoms in total. The standard InChI is InChI=1S/C22H20N2O2S/c25-21(16-4-2-10-24(12-16)22(26)19-11-23-13-27-19)18-9-8-15-7-6-14-3-1-5-17(18)20(14)15/h1,3,5,8-9,11,13,16H,2,4,6-7,10,12H2. The number of Topliss-reactive ketones (excluding diaryl/α,β-unsaturated/α-hetero) is 1. The fourth-order valence-electron chi connectivity index (χ4n) is 4.53. The molecule has 5 heteroatoms. The summed E-state index contributed by atoms with van der Waals surface area (Å²) in [4.78, 5) is 32.5. The van der Waals surface area contributed by atoms with Gasteiger partial charge in [0.25, 0.3) is 5.91 Å². The van der Waals surface area contributed by atoms with Crippen molar-refractivity contribution in [1.82, 2.24) is 9.88 Å². The number of aryl methyl sites for hydroxylation is 2. The van der Waals surface area contributed by atoms with Gasteiger partial charge in [-0.05, 0) is 47.6 Å². The maximum Gasteiger partial charge on any atom is 0.265 e. The monoisotopic (exact) mass is 376 g/mol. The van der Waals surface area contributed by atoms with E-state index in [-0.39, 0.29) is 17.6 Å². The summed E-state index contributed by atoms with van der Waals surface area (Å²) in [6, 6.07) is 10.4. The van der Waals surface area contributed by atoms with Gasteiger partial charge in [-0.1, -0.05) is 30.3 Å². The lowest BCUT2D eigenvalue weighted by Crippen LogP contribution is -2.42. The third kappa shape index (κ3) is 2.77. The molecule has 1 amide bonds. The number of amides is 1. The lowest BCUT2D eigenvalue weighted by molar-refractivity contribution is 0.0641. The predicted octanol–water partition coefficient (Wildman–Crippen LogP) is 4.13. The number of rotatable bonds is 3. The second kappa shape index (κ2) is 6.57. The second-order valence-electron chi connectivity index (χ2n) is 7.43. The molecule has 1 aliphatic heterocycles. The summed E-state index contributed by atoms with van der Waals surface area (Å²) in [5, 5.41) is 2.36. The van der Waals surface area contributed by atoms with Crippen LogP contribution in [0.3, 0.4) is 0 Å². The van der Waals surface area contributed by atoms with Gasteiger partial charge in [-0.25, -0.2) is 0 Å². The van der Waals surface area contributed by atoms with Gasteiger partial charge in [0.2, 0.25) is 0 Å². The molecule has 0 radical (unpaired) electrons. The zero-order valence-corrected chi connectivity index (χ0v) is 15.8. The van der Waals surface area contributed by atoms with E-state index in [1.807, 2.05) is 11.0 Å². The molecule has 27 heavy (non-hydrogen) atoms. The first-order valence-corrected chi connectivity index (χ1v) is 10.4. The lowest BCUT2D eigenvalue weighted by Gasteiger charge is -2.32. The van der Waals surface area contributed by atoms with Crippen molar-refractivity contribution in [2.45, 2.75) is 25.7 Å². The molecule has 3 aromatic rings. The first-order valence-electron chi connectivity index (χ1n) is 9.48. The Hall–Kier alpha value is -2.53. The smallest absolute Gasteiger partial charge is 0.265 e. The van der Waals surface area contributed by atoms with Crippen LogP contribution in [0.2, 0.25) is 0 Å². The number of hydrogen-bond donors (Lipinski definition) is 0. The summed E-state index contributed by atoms with van der Waals surface area (Å²) in [6.07, 6.45) is 5.44. The minimum absolute atomic E-state index is 0.00425. The van der Waals surface area contributed by atoms with Gasteiger partial charge < -0.3 is 4.90 Å². The number of thiazole rings is 1. The van der Waals surface area contributed by atoms with E-state index in [4.69, 9.17) is 0 Å². The van der Waals surface area contributed by atoms with Gasteiger partial charge >= 0.3 is 0 Å². The first kappa shape index (κ1) is 16.6. The van der Waals surface area contributed by atoms with Crippen LogP contribution in [0.5, 0.6) is 0 Å². The largest absolute Gasteiger partial charge is 0.337 e. The zero-order chi connectivity index (χ0) is 18.4. The summed E-state index contributed by atoms with van der Waals surface area (Å²) in [5.74, 6) is 0.0388. The van der Waals surface area contributed by atoms with Crippen LogP contribution in [0, 0.1) is 5.92 Å². The molecular weight excluding hydrogens is 356 g/mol. The van der Waals surface area contributed by atoms with Gasteiger partial charge in [-0.15, -0.1) is 11.3 Å². The number of piperidine rings is 1. The minimum atomic E-state index is -0.130. The first-order chi connectivity index (χ1) is 13.2. The molecule has 1 atom stereocenters. The van der Waals surface area contributed by atoms with E-state index in [0.717, 1.165) is 36.6 Å². The maximum absolute atomic E-state index is 13.4. The second-order valence-corrected chi connectivity index (χ2v) is 8.32. The van der Waals surface area contributed by atoms with E-state index >= 15 is 0 Å². The third-order valence-electron chi connectivity index (χ3n) is 5.86. The van der Waals surface area contributed by atoms with Crippen molar-refractivity contribution in [3.63, 3.8) is 0 Å². The lowest BCUT2D eigenvalue weighted by atomic mass is 9.87. The van der Waals surface area contributed by atoms with Gasteiger partial charge in [-0.2, -0.15) is 0 Å². The molecule has 1 aliphatic carbocycles. The van der Waals surface area contributed by atoms with Gasteiger partial charge in [0, 0.05) is 24.6 Å². The van der Waals surface area contributed by atoms with Crippen LogP contribution in [-0.2, 0) is 12.8 Å². The van der Waals surface area contributed by atoms with Crippen LogP contribution in [-0.4, -0.2) is 34.7 Å². The number of carbonyl (C=O) groups excluding carboxylic acids is 2. The molecule has 1 fully saturated rings. The number of hydrogen-bond acceptors (Lipinski definition) is 4. The van der Waals surface area contributed by atoms with Crippen molar-refractivity contribution in [1.29, 1.82) is 0 Å². The molecule has 1 unspecified atom stereocenters. The number of nitrogens with zero attached hydrogens (tertiary/aromatic N) is 2. The van der Waals surface area contributed by atoms with E-state index in [2.05, 4.69) is 29.2 Å². The van der Waals surface area contributed by atoms with Gasteiger partial charge in [0.1, 0.15) is 4.88 Å². The zero-order valence-electron chi connectivity index (χ0n) is 15.0. The Kier molecular flexibility index (Phi) is 4.05. The molecule has 2 aliphatic rings. The molecule has 1 aromatic heterocycles. The Morgan fingerprint density at radius 3 is 2.78 bits per heavy atom. The van der Waals surface area contributed by atoms with Gasteiger partial charge in [0.15, 0.2) is 5.78 Å². The molecule has 5 rings (SSSR count). The van der Waals surface area contributed by atoms with Crippen LogP contribution in [0.4, 0.5) is 0 Å². The predicted molar refractivity (Wildman–Crippen MR) is 106 cm³/mol. The van der Waals surface area contributed by atoms with Crippen molar-refractivity contribution in [2.75, 3.05) is 13.1 Å². The van der Waals surface area contributed by atoms with Crippen molar-refractivity contribution >= 4 is 33.8 Å². The summed E-state index contributed by atoms with van der Waals surface area (Å²) in [6.45, 7) is 1.21. The summed E-state index contributed by atoms with van der Waals surface area (Å²) < 4.78 is 0. The Labute approximate surface area is 161 Å². The third-order valence-corrected chi connectivity index (χ3v) is 6.63. The Morgan fingerprint density at radius 2 is 1.96 bits per heavy atom. The van der Waals surface area contributed by atoms with Crippen LogP contribution in [0.15, 0.2) is 42.0 Å². The molecule has 2 heterocycles. The van der Waals surface area contributed by atoms with Crippen LogP contribution in [0.1, 0.15) is 44.0 Å². The molecule has 0 saturated carbocycles. The minimum Gasteiger partial charge on any atom is -0.337 e. The summed E-state index contributed by atoms with van der Waals surface area (Å²) in [7, 11) is 0. The van der Waals surface area contributed by atoms with E-state index in [1.54, 1.807) is 11.7 Å². The fraction of sp³-hybridized carbons (Fsp3) is 0.318. The van der Waals surface area contributed by atoms with Crippen molar-refractivity contribution < 1.29 is 9.59 Å². The van der Waals surface area contributed by atoms with E-state index in [1.165, 1.54) is 27.8 Å². The molecule has 0 spiro atoms. The number of ketones is 1. The molecule has 0 bridgehead atoms. The highest BCUT2D eigenvalue weighted by molar-refractivity contribution is 7.11. The Balaban J connectivity index is 1.45. The van der Waals surface area contributed by atoms with Crippen LogP contribution in [0.25, 0.3) is 10.8 Å². The Morgan fingerprint density at radius 1 is 1.11 bits per heavy atom. The average Bonchev–Trinajstić information content (AvgIpc) is 3.39. The molecule has 0 N–H and O–H groups in total. The highest BCUT2D eigenvalue weighted by Gasteiger charge is 2.31. The molecule has 136 valence electrons. The van der Waals surface area contributed by atoms with E-state index in [9.17, 15) is 9.59 Å². The highest BCUT2D eigenvalue weighted by Crippen LogP contribution is 2.34. The van der Waals surface area contributed by atoms with E-state index in [0.29, 0.717) is 18.0 Å².